The monoisotopic (exact) mass is 393 g/mol. The van der Waals surface area contributed by atoms with Crippen molar-refractivity contribution in [2.24, 2.45) is 0 Å². The van der Waals surface area contributed by atoms with Gasteiger partial charge in [0.25, 0.3) is 0 Å². The van der Waals surface area contributed by atoms with E-state index in [0.29, 0.717) is 17.4 Å². The number of likely N-dealkylation sites (N-methyl/N-ethyl adjacent to an activating group) is 1. The lowest BCUT2D eigenvalue weighted by molar-refractivity contribution is -0.685. The zero-order chi connectivity index (χ0) is 20.5. The summed E-state index contributed by atoms with van der Waals surface area (Å²) in [5.74, 6) is 2.42. The van der Waals surface area contributed by atoms with Crippen molar-refractivity contribution in [2.75, 3.05) is 33.5 Å². The van der Waals surface area contributed by atoms with Gasteiger partial charge in [0.15, 0.2) is 0 Å². The van der Waals surface area contributed by atoms with E-state index in [4.69, 9.17) is 15.2 Å². The molecule has 150 valence electrons. The Morgan fingerprint density at radius 1 is 1.21 bits per heavy atom. The van der Waals surface area contributed by atoms with E-state index in [1.807, 2.05) is 49.0 Å². The first-order chi connectivity index (χ1) is 14.0. The van der Waals surface area contributed by atoms with Gasteiger partial charge < -0.3 is 25.2 Å². The van der Waals surface area contributed by atoms with Gasteiger partial charge in [0, 0.05) is 18.2 Å². The van der Waals surface area contributed by atoms with E-state index in [-0.39, 0.29) is 11.7 Å². The molecule has 2 heterocycles. The number of hydrogen-bond acceptors (Lipinski definition) is 6. The average molecular weight is 393 g/mol. The summed E-state index contributed by atoms with van der Waals surface area (Å²) in [4.78, 5) is 6.63. The second-order valence-electron chi connectivity index (χ2n) is 7.38. The lowest BCUT2D eigenvalue weighted by atomic mass is 9.83. The molecule has 0 spiro atoms. The summed E-state index contributed by atoms with van der Waals surface area (Å²) in [6, 6.07) is 13.0. The van der Waals surface area contributed by atoms with Crippen LogP contribution in [0.1, 0.15) is 22.6 Å². The Hall–Kier alpha value is -3.32. The Morgan fingerprint density at radius 3 is 2.66 bits per heavy atom. The Balaban J connectivity index is 1.87. The number of fused-ring (bicyclic) bond motifs is 2. The number of anilines is 1. The number of phenols is 1. The molecule has 0 bridgehead atoms. The Bertz CT molecular complexity index is 1030. The average Bonchev–Trinajstić information content (AvgIpc) is 2.71. The third-order valence-corrected chi connectivity index (χ3v) is 5.17. The highest BCUT2D eigenvalue weighted by atomic mass is 16.5. The van der Waals surface area contributed by atoms with E-state index in [1.54, 1.807) is 25.6 Å². The zero-order valence-electron chi connectivity index (χ0n) is 16.8. The number of phenolic OH excluding ortho intramolecular Hbond substituents is 1. The summed E-state index contributed by atoms with van der Waals surface area (Å²) in [6.45, 7) is 1.56. The maximum Gasteiger partial charge on any atom is 0.306 e. The summed E-state index contributed by atoms with van der Waals surface area (Å²) in [7, 11) is 5.69. The lowest BCUT2D eigenvalue weighted by Gasteiger charge is -2.27. The minimum atomic E-state index is -0.167. The number of nitrogens with two attached hydrogens (primary N) is 1. The summed E-state index contributed by atoms with van der Waals surface area (Å²) in [5.41, 5.74) is 9.41. The van der Waals surface area contributed by atoms with Crippen molar-refractivity contribution in [1.29, 1.82) is 0 Å². The van der Waals surface area contributed by atoms with Crippen LogP contribution in [0.5, 0.6) is 23.1 Å². The number of nitrogens with zero attached hydrogens (tertiary/aromatic N) is 3. The van der Waals surface area contributed by atoms with Crippen LogP contribution in [0.3, 0.4) is 0 Å². The van der Waals surface area contributed by atoms with Crippen molar-refractivity contribution in [3.8, 4) is 23.1 Å². The van der Waals surface area contributed by atoms with Crippen LogP contribution in [0.15, 0.2) is 48.8 Å². The molecule has 29 heavy (non-hydrogen) atoms. The molecule has 0 saturated carbocycles. The highest BCUT2D eigenvalue weighted by molar-refractivity contribution is 5.62. The van der Waals surface area contributed by atoms with Crippen molar-refractivity contribution >= 4 is 5.82 Å². The highest BCUT2D eigenvalue weighted by Crippen LogP contribution is 2.48. The van der Waals surface area contributed by atoms with Gasteiger partial charge in [0.05, 0.1) is 19.6 Å². The third kappa shape index (κ3) is 3.56. The van der Waals surface area contributed by atoms with Crippen LogP contribution < -0.4 is 19.8 Å². The van der Waals surface area contributed by atoms with Crippen LogP contribution in [-0.2, 0) is 6.54 Å². The van der Waals surface area contributed by atoms with Crippen molar-refractivity contribution in [1.82, 2.24) is 9.88 Å². The molecule has 4 rings (SSSR count). The largest absolute Gasteiger partial charge is 0.508 e. The van der Waals surface area contributed by atoms with Gasteiger partial charge in [-0.05, 0) is 37.9 Å². The highest BCUT2D eigenvalue weighted by Gasteiger charge is 2.36. The number of ether oxygens (including phenoxy) is 2. The summed E-state index contributed by atoms with van der Waals surface area (Å²) in [5, 5.41) is 9.93. The van der Waals surface area contributed by atoms with Crippen LogP contribution in [0, 0.1) is 0 Å². The number of methoxy groups -OCH3 is 1. The molecule has 2 aromatic carbocycles. The molecule has 0 saturated heterocycles. The second-order valence-corrected chi connectivity index (χ2v) is 7.38. The lowest BCUT2D eigenvalue weighted by Crippen LogP contribution is -2.43. The van der Waals surface area contributed by atoms with E-state index >= 15 is 0 Å². The van der Waals surface area contributed by atoms with Crippen LogP contribution in [0.4, 0.5) is 5.82 Å². The number of rotatable bonds is 5. The molecule has 0 radical (unpaired) electrons. The number of benzene rings is 2. The van der Waals surface area contributed by atoms with Crippen molar-refractivity contribution in [3.63, 3.8) is 0 Å². The molecular formula is C22H25N4O3+. The van der Waals surface area contributed by atoms with E-state index in [1.165, 1.54) is 0 Å². The minimum absolute atomic E-state index is 0.144. The molecule has 0 amide bonds. The minimum Gasteiger partial charge on any atom is -0.508 e. The normalized spacial score (nSPS) is 14.8. The Labute approximate surface area is 169 Å². The molecule has 7 heteroatoms. The molecule has 0 unspecified atom stereocenters. The first-order valence-electron chi connectivity index (χ1n) is 9.45. The summed E-state index contributed by atoms with van der Waals surface area (Å²) >= 11 is 0. The SMILES string of the molecule is COc1ccc([C@H]2c3ccc(O)cc3Oc3nc[n+](CCN(C)C)c(N)c32)cc1. The van der Waals surface area contributed by atoms with Gasteiger partial charge in [-0.1, -0.05) is 23.2 Å². The number of nitrogen functional groups attached to an aromatic ring is 1. The van der Waals surface area contributed by atoms with Gasteiger partial charge in [-0.2, -0.15) is 0 Å². The van der Waals surface area contributed by atoms with Crippen LogP contribution >= 0.6 is 0 Å². The van der Waals surface area contributed by atoms with Crippen LogP contribution in [0.2, 0.25) is 0 Å². The molecule has 0 fully saturated rings. The molecule has 3 aromatic rings. The Kier molecular flexibility index (Phi) is 4.98. The fourth-order valence-electron chi connectivity index (χ4n) is 3.61. The summed E-state index contributed by atoms with van der Waals surface area (Å²) < 4.78 is 13.3. The standard InChI is InChI=1S/C22H24N4O3/c1-25(2)10-11-26-13-24-22-20(21(26)23)19(14-4-7-16(28-3)8-5-14)17-9-6-15(27)12-18(17)29-22/h4-9,12-13,19,23,27H,10-11H2,1-3H3/p+1/t19-/m0/s1. The van der Waals surface area contributed by atoms with Gasteiger partial charge in [-0.25, -0.2) is 4.57 Å². The predicted molar refractivity (Wildman–Crippen MR) is 110 cm³/mol. The maximum atomic E-state index is 9.93. The molecule has 7 nitrogen and oxygen atoms in total. The van der Waals surface area contributed by atoms with E-state index in [9.17, 15) is 5.11 Å². The first-order valence-corrected chi connectivity index (χ1v) is 9.45. The van der Waals surface area contributed by atoms with Crippen LogP contribution in [0.25, 0.3) is 0 Å². The van der Waals surface area contributed by atoms with Crippen molar-refractivity contribution in [3.05, 3.63) is 65.5 Å². The smallest absolute Gasteiger partial charge is 0.306 e. The first kappa shape index (κ1) is 19.0. The fourth-order valence-corrected chi connectivity index (χ4v) is 3.61. The number of aromatic nitrogens is 2. The predicted octanol–water partition coefficient (Wildman–Crippen LogP) is 2.51. The second kappa shape index (κ2) is 7.60. The van der Waals surface area contributed by atoms with Gasteiger partial charge in [0.1, 0.15) is 22.8 Å². The maximum absolute atomic E-state index is 9.93. The van der Waals surface area contributed by atoms with Crippen molar-refractivity contribution < 1.29 is 19.1 Å². The topological polar surface area (TPSA) is 84.7 Å². The number of aromatic hydroxyl groups is 1. The molecule has 1 aliphatic heterocycles. The molecular weight excluding hydrogens is 368 g/mol. The fraction of sp³-hybridized carbons (Fsp3) is 0.273. The molecule has 0 aliphatic carbocycles. The quantitative estimate of drug-likeness (QED) is 0.507. The summed E-state index contributed by atoms with van der Waals surface area (Å²) in [6.07, 6.45) is 1.70. The van der Waals surface area contributed by atoms with Gasteiger partial charge in [-0.15, -0.1) is 0 Å². The van der Waals surface area contributed by atoms with Gasteiger partial charge in [-0.3, -0.25) is 0 Å². The zero-order valence-corrected chi connectivity index (χ0v) is 16.8. The molecule has 1 atom stereocenters. The van der Waals surface area contributed by atoms with Crippen LogP contribution in [-0.4, -0.2) is 42.7 Å². The molecule has 1 aliphatic rings. The number of hydrogen-bond donors (Lipinski definition) is 2. The molecule has 1 aromatic heterocycles. The molecule has 3 N–H and O–H groups in total. The van der Waals surface area contributed by atoms with Gasteiger partial charge >= 0.3 is 5.88 Å². The van der Waals surface area contributed by atoms with Crippen molar-refractivity contribution in [2.45, 2.75) is 12.5 Å². The van der Waals surface area contributed by atoms with E-state index in [0.717, 1.165) is 35.5 Å². The van der Waals surface area contributed by atoms with Gasteiger partial charge in [0.2, 0.25) is 12.1 Å². The Morgan fingerprint density at radius 2 is 1.97 bits per heavy atom. The van der Waals surface area contributed by atoms with E-state index < -0.39 is 0 Å². The third-order valence-electron chi connectivity index (χ3n) is 5.17. The van der Waals surface area contributed by atoms with E-state index in [2.05, 4.69) is 9.88 Å².